The molecule has 0 spiro atoms. The van der Waals surface area contributed by atoms with E-state index in [2.05, 4.69) is 25.3 Å². The first-order valence-corrected chi connectivity index (χ1v) is 8.37. The monoisotopic (exact) mass is 366 g/mol. The molecule has 2 N–H and O–H groups in total. The molecule has 8 heteroatoms. The number of anilines is 3. The minimum atomic E-state index is -4.73. The van der Waals surface area contributed by atoms with Crippen molar-refractivity contribution >= 4 is 17.5 Å². The lowest BCUT2D eigenvalue weighted by Crippen LogP contribution is -2.27. The smallest absolute Gasteiger partial charge is 0.406 e. The fourth-order valence-electron chi connectivity index (χ4n) is 2.43. The third-order valence-corrected chi connectivity index (χ3v) is 3.57. The molecule has 0 saturated heterocycles. The zero-order valence-corrected chi connectivity index (χ0v) is 14.8. The summed E-state index contributed by atoms with van der Waals surface area (Å²) < 4.78 is 41.1. The lowest BCUT2D eigenvalue weighted by Gasteiger charge is -2.21. The zero-order chi connectivity index (χ0) is 18.9. The summed E-state index contributed by atoms with van der Waals surface area (Å²) >= 11 is 0. The van der Waals surface area contributed by atoms with Gasteiger partial charge in [0.05, 0.1) is 5.69 Å². The van der Waals surface area contributed by atoms with Crippen LogP contribution in [-0.2, 0) is 0 Å². The van der Waals surface area contributed by atoms with Gasteiger partial charge >= 0.3 is 6.36 Å². The van der Waals surface area contributed by atoms with Crippen molar-refractivity contribution in [2.24, 2.45) is 0 Å². The first-order chi connectivity index (χ1) is 12.1. The summed E-state index contributed by atoms with van der Waals surface area (Å²) in [6.07, 6.45) is -2.56. The number of nitrogens with zero attached hydrogens (tertiary/aromatic N) is 2. The average Bonchev–Trinajstić information content (AvgIpc) is 3.28. The van der Waals surface area contributed by atoms with Crippen LogP contribution in [0.4, 0.5) is 30.6 Å². The lowest BCUT2D eigenvalue weighted by molar-refractivity contribution is -0.274. The summed E-state index contributed by atoms with van der Waals surface area (Å²) in [7, 11) is 0. The Morgan fingerprint density at radius 1 is 1.08 bits per heavy atom. The molecule has 5 nitrogen and oxygen atoms in total. The minimum Gasteiger partial charge on any atom is -0.406 e. The molecule has 0 unspecified atom stereocenters. The number of ether oxygens (including phenoxy) is 1. The Balaban J connectivity index is 1.83. The minimum absolute atomic E-state index is 0.208. The number of alkyl halides is 3. The molecule has 1 fully saturated rings. The van der Waals surface area contributed by atoms with Gasteiger partial charge in [0.25, 0.3) is 0 Å². The highest BCUT2D eigenvalue weighted by atomic mass is 19.4. The van der Waals surface area contributed by atoms with Crippen LogP contribution in [0.5, 0.6) is 5.75 Å². The molecule has 3 rings (SSSR count). The molecular weight excluding hydrogens is 345 g/mol. The molecule has 1 saturated carbocycles. The second-order valence-corrected chi connectivity index (χ2v) is 7.35. The third kappa shape index (κ3) is 5.50. The van der Waals surface area contributed by atoms with Crippen LogP contribution in [0.15, 0.2) is 30.3 Å². The van der Waals surface area contributed by atoms with Gasteiger partial charge < -0.3 is 15.4 Å². The highest BCUT2D eigenvalue weighted by Crippen LogP contribution is 2.40. The predicted octanol–water partition coefficient (Wildman–Crippen LogP) is 5.21. The van der Waals surface area contributed by atoms with Gasteiger partial charge in [0.1, 0.15) is 11.6 Å². The maximum atomic E-state index is 12.4. The molecule has 0 radical (unpaired) electrons. The molecule has 0 bridgehead atoms. The molecule has 0 atom stereocenters. The Morgan fingerprint density at radius 3 is 2.42 bits per heavy atom. The molecule has 1 aliphatic carbocycles. The van der Waals surface area contributed by atoms with E-state index >= 15 is 0 Å². The van der Waals surface area contributed by atoms with E-state index in [0.29, 0.717) is 23.4 Å². The van der Waals surface area contributed by atoms with Crippen molar-refractivity contribution in [3.8, 4) is 5.75 Å². The van der Waals surface area contributed by atoms with E-state index in [-0.39, 0.29) is 11.3 Å². The molecular formula is C18H21F3N4O. The van der Waals surface area contributed by atoms with Crippen LogP contribution in [0.25, 0.3) is 0 Å². The molecule has 26 heavy (non-hydrogen) atoms. The topological polar surface area (TPSA) is 59.1 Å². The van der Waals surface area contributed by atoms with Crippen molar-refractivity contribution in [3.63, 3.8) is 0 Å². The van der Waals surface area contributed by atoms with Crippen LogP contribution < -0.4 is 15.4 Å². The van der Waals surface area contributed by atoms with Crippen LogP contribution >= 0.6 is 0 Å². The third-order valence-electron chi connectivity index (χ3n) is 3.57. The quantitative estimate of drug-likeness (QED) is 0.761. The lowest BCUT2D eigenvalue weighted by atomic mass is 10.1. The molecule has 0 amide bonds. The highest BCUT2D eigenvalue weighted by molar-refractivity contribution is 5.60. The second-order valence-electron chi connectivity index (χ2n) is 7.35. The van der Waals surface area contributed by atoms with Gasteiger partial charge in [0.2, 0.25) is 5.95 Å². The van der Waals surface area contributed by atoms with Gasteiger partial charge in [-0.25, -0.2) is 4.98 Å². The summed E-state index contributed by atoms with van der Waals surface area (Å²) in [4.78, 5) is 8.98. The standard InChI is InChI=1S/C18H21F3N4O/c1-17(2,3)25-16-23-14(11-7-8-11)10-15(24-16)22-12-5-4-6-13(9-12)26-18(19,20)21/h4-6,9-11H,7-8H2,1-3H3,(H2,22,23,24,25). The summed E-state index contributed by atoms with van der Waals surface area (Å²) in [6.45, 7) is 6.02. The van der Waals surface area contributed by atoms with Gasteiger partial charge in [-0.2, -0.15) is 4.98 Å². The van der Waals surface area contributed by atoms with Gasteiger partial charge in [0.15, 0.2) is 0 Å². The van der Waals surface area contributed by atoms with E-state index in [1.165, 1.54) is 18.2 Å². The Kier molecular flexibility index (Phi) is 4.68. The number of halogens is 3. The van der Waals surface area contributed by atoms with Gasteiger partial charge in [0, 0.05) is 29.3 Å². The second kappa shape index (κ2) is 6.66. The van der Waals surface area contributed by atoms with Crippen LogP contribution in [0.3, 0.4) is 0 Å². The molecule has 0 aliphatic heterocycles. The highest BCUT2D eigenvalue weighted by Gasteiger charge is 2.31. The molecule has 140 valence electrons. The molecule has 2 aromatic rings. The van der Waals surface area contributed by atoms with E-state index in [9.17, 15) is 13.2 Å². The summed E-state index contributed by atoms with van der Waals surface area (Å²) in [6, 6.07) is 7.51. The fraction of sp³-hybridized carbons (Fsp3) is 0.444. The molecule has 1 aromatic carbocycles. The largest absolute Gasteiger partial charge is 0.573 e. The number of hydrogen-bond donors (Lipinski definition) is 2. The van der Waals surface area contributed by atoms with Crippen LogP contribution in [-0.4, -0.2) is 21.9 Å². The number of hydrogen-bond acceptors (Lipinski definition) is 5. The van der Waals surface area contributed by atoms with E-state index in [1.807, 2.05) is 26.8 Å². The van der Waals surface area contributed by atoms with Gasteiger partial charge in [-0.05, 0) is 45.7 Å². The van der Waals surface area contributed by atoms with Gasteiger partial charge in [-0.15, -0.1) is 13.2 Å². The Bertz CT molecular complexity index is 783. The van der Waals surface area contributed by atoms with Crippen LogP contribution in [0.2, 0.25) is 0 Å². The van der Waals surface area contributed by atoms with E-state index in [0.717, 1.165) is 18.5 Å². The van der Waals surface area contributed by atoms with Crippen molar-refractivity contribution in [2.45, 2.75) is 51.4 Å². The number of aromatic nitrogens is 2. The van der Waals surface area contributed by atoms with Crippen molar-refractivity contribution in [3.05, 3.63) is 36.0 Å². The molecule has 1 aromatic heterocycles. The van der Waals surface area contributed by atoms with Crippen LogP contribution in [0, 0.1) is 0 Å². The summed E-state index contributed by atoms with van der Waals surface area (Å²) in [5, 5.41) is 6.28. The van der Waals surface area contributed by atoms with E-state index < -0.39 is 6.36 Å². The normalized spacial score (nSPS) is 14.8. The predicted molar refractivity (Wildman–Crippen MR) is 93.8 cm³/mol. The van der Waals surface area contributed by atoms with E-state index in [1.54, 1.807) is 6.07 Å². The van der Waals surface area contributed by atoms with Crippen molar-refractivity contribution in [1.29, 1.82) is 0 Å². The fourth-order valence-corrected chi connectivity index (χ4v) is 2.43. The maximum absolute atomic E-state index is 12.4. The first-order valence-electron chi connectivity index (χ1n) is 8.37. The average molecular weight is 366 g/mol. The number of rotatable bonds is 5. The summed E-state index contributed by atoms with van der Waals surface area (Å²) in [5.41, 5.74) is 1.17. The maximum Gasteiger partial charge on any atom is 0.573 e. The molecule has 1 aliphatic rings. The zero-order valence-electron chi connectivity index (χ0n) is 14.8. The van der Waals surface area contributed by atoms with Crippen LogP contribution in [0.1, 0.15) is 45.2 Å². The number of nitrogens with one attached hydrogen (secondary N) is 2. The van der Waals surface area contributed by atoms with E-state index in [4.69, 9.17) is 0 Å². The summed E-state index contributed by atoms with van der Waals surface area (Å²) in [5.74, 6) is 1.15. The van der Waals surface area contributed by atoms with Crippen molar-refractivity contribution in [1.82, 2.24) is 9.97 Å². The Labute approximate surface area is 150 Å². The Morgan fingerprint density at radius 2 is 1.81 bits per heavy atom. The SMILES string of the molecule is CC(C)(C)Nc1nc(Nc2cccc(OC(F)(F)F)c2)cc(C2CC2)n1. The Hall–Kier alpha value is -2.51. The van der Waals surface area contributed by atoms with Gasteiger partial charge in [-0.3, -0.25) is 0 Å². The molecule has 1 heterocycles. The first kappa shape index (κ1) is 18.3. The van der Waals surface area contributed by atoms with Crippen molar-refractivity contribution < 1.29 is 17.9 Å². The van der Waals surface area contributed by atoms with Crippen molar-refractivity contribution in [2.75, 3.05) is 10.6 Å². The van der Waals surface area contributed by atoms with Gasteiger partial charge in [-0.1, -0.05) is 6.07 Å². The number of benzene rings is 1.